The minimum absolute atomic E-state index is 0.0287. The topological polar surface area (TPSA) is 128 Å². The average Bonchev–Trinajstić information content (AvgIpc) is 2.72. The van der Waals surface area contributed by atoms with E-state index in [0.717, 1.165) is 18.3 Å². The highest BCUT2D eigenvalue weighted by molar-refractivity contribution is 7.99. The second kappa shape index (κ2) is 7.69. The minimum Gasteiger partial charge on any atom is -0.351 e. The van der Waals surface area contributed by atoms with E-state index in [1.807, 2.05) is 19.2 Å². The van der Waals surface area contributed by atoms with E-state index in [0.29, 0.717) is 17.7 Å². The van der Waals surface area contributed by atoms with Crippen LogP contribution in [0.1, 0.15) is 13.8 Å². The molecule has 1 heterocycles. The number of carbonyl (C=O) groups excluding carboxylic acids is 2. The predicted octanol–water partition coefficient (Wildman–Crippen LogP) is -1.04. The number of carbonyl (C=O) groups is 2. The second-order valence-electron chi connectivity index (χ2n) is 3.99. The van der Waals surface area contributed by atoms with Crippen LogP contribution in [0.3, 0.4) is 0 Å². The maximum Gasteiger partial charge on any atom is 0.318 e. The van der Waals surface area contributed by atoms with E-state index in [1.54, 1.807) is 4.68 Å². The van der Waals surface area contributed by atoms with E-state index < -0.39 is 11.9 Å². The molecule has 0 aliphatic rings. The molecule has 0 spiro atoms. The number of amides is 3. The van der Waals surface area contributed by atoms with Crippen LogP contribution < -0.4 is 16.4 Å². The summed E-state index contributed by atoms with van der Waals surface area (Å²) >= 11 is 1.14. The number of nitrogens with zero attached hydrogens (tertiary/aromatic N) is 4. The summed E-state index contributed by atoms with van der Waals surface area (Å²) < 4.78 is 1.59. The number of thioether (sulfide) groups is 1. The van der Waals surface area contributed by atoms with Crippen LogP contribution in [0.4, 0.5) is 4.79 Å². The summed E-state index contributed by atoms with van der Waals surface area (Å²) in [6.45, 7) is 5.42. The zero-order valence-electron chi connectivity index (χ0n) is 10.8. The number of rotatable bonds is 7. The minimum atomic E-state index is -0.869. The lowest BCUT2D eigenvalue weighted by Gasteiger charge is -2.08. The SMILES string of the molecule is CC(C)NCCn1nnnc1SCC(=O)NC(N)=O. The Balaban J connectivity index is 2.40. The molecule has 0 fully saturated rings. The summed E-state index contributed by atoms with van der Waals surface area (Å²) in [5, 5.41) is 16.9. The fourth-order valence-corrected chi connectivity index (χ4v) is 1.91. The van der Waals surface area contributed by atoms with Gasteiger partial charge in [0.2, 0.25) is 11.1 Å². The van der Waals surface area contributed by atoms with E-state index in [1.165, 1.54) is 0 Å². The van der Waals surface area contributed by atoms with Gasteiger partial charge in [0.05, 0.1) is 12.3 Å². The van der Waals surface area contributed by atoms with Crippen LogP contribution in [-0.2, 0) is 11.3 Å². The number of nitrogens with two attached hydrogens (primary N) is 1. The van der Waals surface area contributed by atoms with Crippen molar-refractivity contribution in [2.75, 3.05) is 12.3 Å². The largest absolute Gasteiger partial charge is 0.351 e. The molecule has 0 bridgehead atoms. The predicted molar refractivity (Wildman–Crippen MR) is 69.4 cm³/mol. The van der Waals surface area contributed by atoms with Gasteiger partial charge in [-0.15, -0.1) is 5.10 Å². The van der Waals surface area contributed by atoms with Crippen molar-refractivity contribution in [3.63, 3.8) is 0 Å². The van der Waals surface area contributed by atoms with Crippen molar-refractivity contribution in [1.82, 2.24) is 30.8 Å². The molecule has 1 aromatic rings. The molecule has 0 saturated heterocycles. The number of hydrogen-bond donors (Lipinski definition) is 3. The summed E-state index contributed by atoms with van der Waals surface area (Å²) in [6, 6.07) is -0.486. The molecule has 19 heavy (non-hydrogen) atoms. The van der Waals surface area contributed by atoms with Crippen LogP contribution in [0, 0.1) is 0 Å². The molecular formula is C9H17N7O2S. The molecule has 1 aromatic heterocycles. The summed E-state index contributed by atoms with van der Waals surface area (Å²) in [5.41, 5.74) is 4.83. The molecule has 0 saturated carbocycles. The quantitative estimate of drug-likeness (QED) is 0.546. The number of tetrazole rings is 1. The molecule has 0 radical (unpaired) electrons. The molecule has 9 nitrogen and oxygen atoms in total. The Morgan fingerprint density at radius 3 is 2.84 bits per heavy atom. The van der Waals surface area contributed by atoms with Crippen LogP contribution in [0.5, 0.6) is 0 Å². The van der Waals surface area contributed by atoms with Gasteiger partial charge in [-0.05, 0) is 10.4 Å². The number of hydrogen-bond acceptors (Lipinski definition) is 7. The van der Waals surface area contributed by atoms with Crippen molar-refractivity contribution in [1.29, 1.82) is 0 Å². The number of imide groups is 1. The summed E-state index contributed by atoms with van der Waals surface area (Å²) in [4.78, 5) is 21.7. The van der Waals surface area contributed by atoms with Gasteiger partial charge in [-0.2, -0.15) is 0 Å². The Labute approximate surface area is 114 Å². The zero-order valence-corrected chi connectivity index (χ0v) is 11.6. The Bertz CT molecular complexity index is 434. The van der Waals surface area contributed by atoms with Gasteiger partial charge < -0.3 is 11.1 Å². The zero-order chi connectivity index (χ0) is 14.3. The lowest BCUT2D eigenvalue weighted by molar-refractivity contribution is -0.117. The monoisotopic (exact) mass is 287 g/mol. The first kappa shape index (κ1) is 15.4. The second-order valence-corrected chi connectivity index (χ2v) is 4.94. The number of primary amides is 1. The van der Waals surface area contributed by atoms with E-state index >= 15 is 0 Å². The highest BCUT2D eigenvalue weighted by Gasteiger charge is 2.10. The van der Waals surface area contributed by atoms with Gasteiger partial charge in [0, 0.05) is 12.6 Å². The van der Waals surface area contributed by atoms with E-state index in [2.05, 4.69) is 20.8 Å². The van der Waals surface area contributed by atoms with Gasteiger partial charge >= 0.3 is 6.03 Å². The van der Waals surface area contributed by atoms with Crippen LogP contribution >= 0.6 is 11.8 Å². The maximum atomic E-state index is 11.2. The highest BCUT2D eigenvalue weighted by Crippen LogP contribution is 2.12. The van der Waals surface area contributed by atoms with Crippen LogP contribution in [0.2, 0.25) is 0 Å². The molecule has 3 amide bonds. The Morgan fingerprint density at radius 1 is 1.47 bits per heavy atom. The van der Waals surface area contributed by atoms with Crippen LogP contribution in [0.15, 0.2) is 5.16 Å². The van der Waals surface area contributed by atoms with E-state index in [-0.39, 0.29) is 5.75 Å². The lowest BCUT2D eigenvalue weighted by Crippen LogP contribution is -2.36. The first-order chi connectivity index (χ1) is 8.99. The van der Waals surface area contributed by atoms with Gasteiger partial charge in [0.25, 0.3) is 0 Å². The van der Waals surface area contributed by atoms with Crippen molar-refractivity contribution in [3.8, 4) is 0 Å². The third kappa shape index (κ3) is 6.15. The number of urea groups is 1. The molecule has 0 atom stereocenters. The fraction of sp³-hybridized carbons (Fsp3) is 0.667. The molecule has 1 rings (SSSR count). The molecule has 4 N–H and O–H groups in total. The van der Waals surface area contributed by atoms with E-state index in [4.69, 9.17) is 5.73 Å². The third-order valence-electron chi connectivity index (χ3n) is 1.97. The van der Waals surface area contributed by atoms with Crippen LogP contribution in [0.25, 0.3) is 0 Å². The normalized spacial score (nSPS) is 10.7. The number of nitrogens with one attached hydrogen (secondary N) is 2. The summed E-state index contributed by atoms with van der Waals surface area (Å²) in [5.74, 6) is -0.451. The van der Waals surface area contributed by atoms with Crippen LogP contribution in [-0.4, -0.2) is 50.5 Å². The number of aromatic nitrogens is 4. The molecule has 0 unspecified atom stereocenters. The Morgan fingerprint density at radius 2 is 2.21 bits per heavy atom. The molecular weight excluding hydrogens is 270 g/mol. The van der Waals surface area contributed by atoms with Gasteiger partial charge in [-0.3, -0.25) is 10.1 Å². The van der Waals surface area contributed by atoms with Crippen molar-refractivity contribution in [2.24, 2.45) is 5.73 Å². The van der Waals surface area contributed by atoms with Gasteiger partial charge in [0.1, 0.15) is 0 Å². The smallest absolute Gasteiger partial charge is 0.318 e. The highest BCUT2D eigenvalue weighted by atomic mass is 32.2. The maximum absolute atomic E-state index is 11.2. The van der Waals surface area contributed by atoms with Crippen molar-refractivity contribution in [2.45, 2.75) is 31.6 Å². The Hall–Kier alpha value is -1.68. The standard InChI is InChI=1S/C9H17N7O2S/c1-6(2)11-3-4-16-9(13-14-15-16)19-5-7(17)12-8(10)18/h6,11H,3-5H2,1-2H3,(H3,10,12,17,18). The molecule has 10 heteroatoms. The van der Waals surface area contributed by atoms with Crippen molar-refractivity contribution < 1.29 is 9.59 Å². The average molecular weight is 287 g/mol. The van der Waals surface area contributed by atoms with Gasteiger partial charge in [0.15, 0.2) is 0 Å². The van der Waals surface area contributed by atoms with E-state index in [9.17, 15) is 9.59 Å². The summed E-state index contributed by atoms with van der Waals surface area (Å²) in [7, 11) is 0. The first-order valence-corrected chi connectivity index (χ1v) is 6.69. The Kier molecular flexibility index (Phi) is 6.22. The first-order valence-electron chi connectivity index (χ1n) is 5.70. The van der Waals surface area contributed by atoms with Crippen molar-refractivity contribution >= 4 is 23.7 Å². The molecule has 106 valence electrons. The van der Waals surface area contributed by atoms with Gasteiger partial charge in [-0.1, -0.05) is 25.6 Å². The molecule has 0 aromatic carbocycles. The summed E-state index contributed by atoms with van der Waals surface area (Å²) in [6.07, 6.45) is 0. The molecule has 0 aliphatic carbocycles. The molecule has 0 aliphatic heterocycles. The van der Waals surface area contributed by atoms with Crippen molar-refractivity contribution in [3.05, 3.63) is 0 Å². The lowest BCUT2D eigenvalue weighted by atomic mass is 10.4. The third-order valence-corrected chi connectivity index (χ3v) is 2.93. The fourth-order valence-electron chi connectivity index (χ4n) is 1.20. The van der Waals surface area contributed by atoms with Gasteiger partial charge in [-0.25, -0.2) is 9.48 Å².